The molecule has 4 nitrogen and oxygen atoms in total. The molecule has 0 saturated heterocycles. The van der Waals surface area contributed by atoms with E-state index >= 15 is 0 Å². The monoisotopic (exact) mass is 260 g/mol. The number of carbonyl (C=O) groups is 1. The van der Waals surface area contributed by atoms with E-state index in [9.17, 15) is 9.36 Å². The first-order valence-electron chi connectivity index (χ1n) is 4.94. The summed E-state index contributed by atoms with van der Waals surface area (Å²) in [7, 11) is -0.649. The van der Waals surface area contributed by atoms with Crippen molar-refractivity contribution in [2.24, 2.45) is 0 Å². The van der Waals surface area contributed by atoms with E-state index in [2.05, 4.69) is 0 Å². The molecule has 0 saturated carbocycles. The summed E-state index contributed by atoms with van der Waals surface area (Å²) in [6.45, 7) is 0. The van der Waals surface area contributed by atoms with Gasteiger partial charge in [-0.25, -0.2) is 0 Å². The second-order valence-corrected chi connectivity index (χ2v) is 7.02. The minimum Gasteiger partial charge on any atom is -0.311 e. The van der Waals surface area contributed by atoms with Crippen LogP contribution in [-0.4, -0.2) is 25.7 Å². The molecule has 1 heterocycles. The predicted octanol–water partition coefficient (Wildman–Crippen LogP) is 2.73. The van der Waals surface area contributed by atoms with Crippen molar-refractivity contribution < 1.29 is 18.4 Å². The van der Waals surface area contributed by atoms with Gasteiger partial charge in [0.25, 0.3) is 0 Å². The van der Waals surface area contributed by atoms with Gasteiger partial charge < -0.3 is 9.05 Å². The molecule has 0 N–H and O–H groups in total. The van der Waals surface area contributed by atoms with Gasteiger partial charge in [0.05, 0.1) is 0 Å². The zero-order chi connectivity index (χ0) is 11.8. The summed E-state index contributed by atoms with van der Waals surface area (Å²) >= 11 is 1.56. The molecule has 0 amide bonds. The lowest BCUT2D eigenvalue weighted by molar-refractivity contribution is 0.0962. The molecule has 1 atom stereocenters. The standard InChI is InChI=1S/C10H13O4PS/c1-13-15(12,14-2)8-3-4-9-7(10(8)11)5-6-16-9/h5-6,8H,3-4H2,1-2H3. The summed E-state index contributed by atoms with van der Waals surface area (Å²) < 4.78 is 22.0. The summed E-state index contributed by atoms with van der Waals surface area (Å²) in [5, 5.41) is 1.88. The van der Waals surface area contributed by atoms with Crippen LogP contribution in [0.25, 0.3) is 0 Å². The van der Waals surface area contributed by atoms with Crippen molar-refractivity contribution in [3.8, 4) is 0 Å². The third-order valence-corrected chi connectivity index (χ3v) is 6.10. The van der Waals surface area contributed by atoms with Crippen molar-refractivity contribution in [3.63, 3.8) is 0 Å². The fourth-order valence-electron chi connectivity index (χ4n) is 1.96. The summed E-state index contributed by atoms with van der Waals surface area (Å²) in [5.41, 5.74) is 0.0279. The number of thiophene rings is 1. The van der Waals surface area contributed by atoms with Crippen LogP contribution in [-0.2, 0) is 20.0 Å². The van der Waals surface area contributed by atoms with Gasteiger partial charge in [0.15, 0.2) is 5.78 Å². The van der Waals surface area contributed by atoms with Crippen LogP contribution < -0.4 is 0 Å². The Kier molecular flexibility index (Phi) is 3.31. The summed E-state index contributed by atoms with van der Waals surface area (Å²) in [4.78, 5) is 13.2. The Morgan fingerprint density at radius 2 is 2.12 bits per heavy atom. The number of hydrogen-bond donors (Lipinski definition) is 0. The highest BCUT2D eigenvalue weighted by Crippen LogP contribution is 2.55. The molecule has 0 aromatic carbocycles. The number of hydrogen-bond acceptors (Lipinski definition) is 5. The molecule has 0 aliphatic heterocycles. The molecule has 0 bridgehead atoms. The first-order valence-corrected chi connectivity index (χ1v) is 7.43. The molecule has 1 aromatic rings. The average Bonchev–Trinajstić information content (AvgIpc) is 2.77. The Hall–Kier alpha value is -0.480. The van der Waals surface area contributed by atoms with Crippen LogP contribution in [0.3, 0.4) is 0 Å². The Morgan fingerprint density at radius 1 is 1.44 bits per heavy atom. The van der Waals surface area contributed by atoms with E-state index in [1.807, 2.05) is 5.38 Å². The first kappa shape index (κ1) is 12.0. The van der Waals surface area contributed by atoms with Gasteiger partial charge in [-0.2, -0.15) is 0 Å². The summed E-state index contributed by atoms with van der Waals surface area (Å²) in [5.74, 6) is -0.116. The Morgan fingerprint density at radius 3 is 2.75 bits per heavy atom. The van der Waals surface area contributed by atoms with Crippen LogP contribution >= 0.6 is 18.9 Å². The van der Waals surface area contributed by atoms with Crippen LogP contribution in [0.5, 0.6) is 0 Å². The van der Waals surface area contributed by atoms with Crippen molar-refractivity contribution in [1.29, 1.82) is 0 Å². The van der Waals surface area contributed by atoms with E-state index < -0.39 is 13.3 Å². The molecule has 0 fully saturated rings. The maximum atomic E-state index is 12.2. The Balaban J connectivity index is 2.35. The van der Waals surface area contributed by atoms with Crippen molar-refractivity contribution >= 4 is 24.7 Å². The molecule has 1 aliphatic rings. The molecule has 1 aliphatic carbocycles. The molecular formula is C10H13O4PS. The Labute approximate surface area is 98.1 Å². The van der Waals surface area contributed by atoms with Crippen molar-refractivity contribution in [1.82, 2.24) is 0 Å². The average molecular weight is 260 g/mol. The van der Waals surface area contributed by atoms with E-state index in [1.165, 1.54) is 14.2 Å². The molecule has 88 valence electrons. The SMILES string of the molecule is COP(=O)(OC)C1CCc2sccc2C1=O. The molecule has 6 heteroatoms. The maximum Gasteiger partial charge on any atom is 0.340 e. The topological polar surface area (TPSA) is 52.6 Å². The van der Waals surface area contributed by atoms with Gasteiger partial charge in [0.2, 0.25) is 0 Å². The largest absolute Gasteiger partial charge is 0.340 e. The van der Waals surface area contributed by atoms with E-state index in [4.69, 9.17) is 9.05 Å². The number of fused-ring (bicyclic) bond motifs is 1. The number of rotatable bonds is 3. The summed E-state index contributed by atoms with van der Waals surface area (Å²) in [6.07, 6.45) is 1.30. The van der Waals surface area contributed by atoms with Gasteiger partial charge in [-0.3, -0.25) is 9.36 Å². The van der Waals surface area contributed by atoms with Crippen molar-refractivity contribution in [2.45, 2.75) is 18.5 Å². The van der Waals surface area contributed by atoms with Crippen molar-refractivity contribution in [3.05, 3.63) is 21.9 Å². The Bertz CT molecular complexity index is 445. The molecule has 0 spiro atoms. The molecule has 2 rings (SSSR count). The predicted molar refractivity (Wildman–Crippen MR) is 62.4 cm³/mol. The number of carbonyl (C=O) groups excluding carboxylic acids is 1. The lowest BCUT2D eigenvalue weighted by atomic mass is 9.98. The second kappa shape index (κ2) is 4.41. The van der Waals surface area contributed by atoms with Gasteiger partial charge in [-0.1, -0.05) is 0 Å². The van der Waals surface area contributed by atoms with E-state index in [0.717, 1.165) is 11.3 Å². The zero-order valence-corrected chi connectivity index (χ0v) is 10.8. The smallest absolute Gasteiger partial charge is 0.311 e. The van der Waals surface area contributed by atoms with Crippen LogP contribution in [0.2, 0.25) is 0 Å². The van der Waals surface area contributed by atoms with Gasteiger partial charge in [0.1, 0.15) is 5.66 Å². The van der Waals surface area contributed by atoms with E-state index in [1.54, 1.807) is 17.4 Å². The third kappa shape index (κ3) is 1.78. The molecular weight excluding hydrogens is 247 g/mol. The van der Waals surface area contributed by atoms with Crippen molar-refractivity contribution in [2.75, 3.05) is 14.2 Å². The van der Waals surface area contributed by atoms with Gasteiger partial charge in [-0.05, 0) is 24.3 Å². The normalized spacial score (nSPS) is 20.9. The number of ketones is 1. The zero-order valence-electron chi connectivity index (χ0n) is 9.13. The van der Waals surface area contributed by atoms with Gasteiger partial charge in [-0.15, -0.1) is 11.3 Å². The lowest BCUT2D eigenvalue weighted by Gasteiger charge is -2.26. The van der Waals surface area contributed by atoms with Crippen LogP contribution in [0.4, 0.5) is 0 Å². The highest BCUT2D eigenvalue weighted by molar-refractivity contribution is 7.55. The molecule has 1 aromatic heterocycles. The first-order chi connectivity index (χ1) is 7.62. The quantitative estimate of drug-likeness (QED) is 0.784. The van der Waals surface area contributed by atoms with E-state index in [-0.39, 0.29) is 5.78 Å². The molecule has 16 heavy (non-hydrogen) atoms. The van der Waals surface area contributed by atoms with Crippen LogP contribution in [0.15, 0.2) is 11.4 Å². The fourth-order valence-corrected chi connectivity index (χ4v) is 4.39. The highest BCUT2D eigenvalue weighted by atomic mass is 32.1. The highest BCUT2D eigenvalue weighted by Gasteiger charge is 2.43. The number of aryl methyl sites for hydroxylation is 1. The third-order valence-electron chi connectivity index (χ3n) is 2.85. The molecule has 0 radical (unpaired) electrons. The van der Waals surface area contributed by atoms with E-state index in [0.29, 0.717) is 12.0 Å². The fraction of sp³-hybridized carbons (Fsp3) is 0.500. The van der Waals surface area contributed by atoms with Crippen LogP contribution in [0, 0.1) is 0 Å². The van der Waals surface area contributed by atoms with Gasteiger partial charge >= 0.3 is 7.60 Å². The minimum atomic E-state index is -3.29. The number of Topliss-reactive ketones (excluding diaryl/α,β-unsaturated/α-hetero) is 1. The molecule has 1 unspecified atom stereocenters. The van der Waals surface area contributed by atoms with Gasteiger partial charge in [0, 0.05) is 24.7 Å². The lowest BCUT2D eigenvalue weighted by Crippen LogP contribution is -2.27. The minimum absolute atomic E-state index is 0.116. The second-order valence-electron chi connectivity index (χ2n) is 3.58. The van der Waals surface area contributed by atoms with Crippen LogP contribution in [0.1, 0.15) is 21.7 Å². The maximum absolute atomic E-state index is 12.2. The summed E-state index contributed by atoms with van der Waals surface area (Å²) in [6, 6.07) is 1.78.